The first kappa shape index (κ1) is 11.8. The van der Waals surface area contributed by atoms with Crippen molar-refractivity contribution >= 4 is 22.6 Å². The number of benzene rings is 1. The molecule has 1 aromatic rings. The van der Waals surface area contributed by atoms with Crippen molar-refractivity contribution in [2.45, 2.75) is 33.1 Å². The van der Waals surface area contributed by atoms with E-state index in [2.05, 4.69) is 61.6 Å². The summed E-state index contributed by atoms with van der Waals surface area (Å²) in [6.07, 6.45) is 0. The van der Waals surface area contributed by atoms with Gasteiger partial charge in [0.1, 0.15) is 5.75 Å². The minimum atomic E-state index is 0.145. The zero-order valence-electron chi connectivity index (χ0n) is 9.23. The monoisotopic (exact) mass is 304 g/mol. The Kier molecular flexibility index (Phi) is 3.81. The summed E-state index contributed by atoms with van der Waals surface area (Å²) in [4.78, 5) is 0. The van der Waals surface area contributed by atoms with Gasteiger partial charge in [-0.25, -0.2) is 0 Å². The molecule has 0 fully saturated rings. The molecule has 0 unspecified atom stereocenters. The summed E-state index contributed by atoms with van der Waals surface area (Å²) < 4.78 is 6.88. The lowest BCUT2D eigenvalue weighted by Crippen LogP contribution is -2.13. The Morgan fingerprint density at radius 3 is 2.43 bits per heavy atom. The summed E-state index contributed by atoms with van der Waals surface area (Å²) in [5.74, 6) is 1.01. The van der Waals surface area contributed by atoms with Gasteiger partial charge in [-0.3, -0.25) is 0 Å². The van der Waals surface area contributed by atoms with Crippen LogP contribution in [0.5, 0.6) is 5.75 Å². The molecule has 0 amide bonds. The Labute approximate surface area is 100.0 Å². The molecule has 0 radical (unpaired) electrons. The molecule has 0 heterocycles. The number of halogens is 1. The minimum absolute atomic E-state index is 0.145. The fraction of sp³-hybridized carbons (Fsp3) is 0.500. The Bertz CT molecular complexity index is 313. The lowest BCUT2D eigenvalue weighted by molar-refractivity contribution is 0.329. The van der Waals surface area contributed by atoms with Crippen LogP contribution in [0.1, 0.15) is 33.3 Å². The van der Waals surface area contributed by atoms with Crippen LogP contribution in [0.2, 0.25) is 0 Å². The average Bonchev–Trinajstić information content (AvgIpc) is 2.07. The van der Waals surface area contributed by atoms with Gasteiger partial charge in [-0.1, -0.05) is 20.8 Å². The lowest BCUT2D eigenvalue weighted by atomic mass is 9.86. The summed E-state index contributed by atoms with van der Waals surface area (Å²) in [6, 6.07) is 6.35. The molecular formula is C12H17IO. The Balaban J connectivity index is 3.16. The third-order valence-electron chi connectivity index (χ3n) is 2.05. The van der Waals surface area contributed by atoms with Crippen LogP contribution in [0.25, 0.3) is 0 Å². The molecule has 2 heteroatoms. The molecule has 1 rings (SSSR count). The van der Waals surface area contributed by atoms with E-state index in [0.29, 0.717) is 0 Å². The van der Waals surface area contributed by atoms with Crippen LogP contribution in [0, 0.1) is 3.57 Å². The van der Waals surface area contributed by atoms with Crippen molar-refractivity contribution in [3.05, 3.63) is 27.3 Å². The summed E-state index contributed by atoms with van der Waals surface area (Å²) >= 11 is 2.33. The van der Waals surface area contributed by atoms with Crippen molar-refractivity contribution in [2.24, 2.45) is 0 Å². The SMILES string of the molecule is CCOc1ccc(I)cc1C(C)(C)C. The molecule has 14 heavy (non-hydrogen) atoms. The quantitative estimate of drug-likeness (QED) is 0.751. The van der Waals surface area contributed by atoms with Gasteiger partial charge in [0.15, 0.2) is 0 Å². The van der Waals surface area contributed by atoms with Crippen LogP contribution in [0.15, 0.2) is 18.2 Å². The topological polar surface area (TPSA) is 9.23 Å². The van der Waals surface area contributed by atoms with Gasteiger partial charge in [0, 0.05) is 9.13 Å². The molecule has 0 aliphatic heterocycles. The lowest BCUT2D eigenvalue weighted by Gasteiger charge is -2.22. The van der Waals surface area contributed by atoms with Crippen molar-refractivity contribution in [3.8, 4) is 5.75 Å². The number of hydrogen-bond acceptors (Lipinski definition) is 1. The molecule has 0 saturated carbocycles. The van der Waals surface area contributed by atoms with Crippen molar-refractivity contribution < 1.29 is 4.74 Å². The standard InChI is InChI=1S/C12H17IO/c1-5-14-11-7-6-9(13)8-10(11)12(2,3)4/h6-8H,5H2,1-4H3. The predicted molar refractivity (Wildman–Crippen MR) is 69.0 cm³/mol. The Hall–Kier alpha value is -0.250. The molecule has 0 bridgehead atoms. The zero-order valence-corrected chi connectivity index (χ0v) is 11.4. The second-order valence-corrected chi connectivity index (χ2v) is 5.57. The van der Waals surface area contributed by atoms with Crippen molar-refractivity contribution in [3.63, 3.8) is 0 Å². The van der Waals surface area contributed by atoms with Crippen molar-refractivity contribution in [1.82, 2.24) is 0 Å². The summed E-state index contributed by atoms with van der Waals surface area (Å²) in [5.41, 5.74) is 1.43. The van der Waals surface area contributed by atoms with E-state index in [0.717, 1.165) is 12.4 Å². The molecule has 0 spiro atoms. The van der Waals surface area contributed by atoms with Gasteiger partial charge in [-0.2, -0.15) is 0 Å². The van der Waals surface area contributed by atoms with Gasteiger partial charge in [-0.05, 0) is 53.1 Å². The highest BCUT2D eigenvalue weighted by Crippen LogP contribution is 2.32. The van der Waals surface area contributed by atoms with Gasteiger partial charge >= 0.3 is 0 Å². The van der Waals surface area contributed by atoms with Crippen LogP contribution < -0.4 is 4.74 Å². The van der Waals surface area contributed by atoms with Crippen LogP contribution in [-0.2, 0) is 5.41 Å². The van der Waals surface area contributed by atoms with Crippen LogP contribution >= 0.6 is 22.6 Å². The number of hydrogen-bond donors (Lipinski definition) is 0. The van der Waals surface area contributed by atoms with E-state index in [1.54, 1.807) is 0 Å². The molecule has 0 aromatic heterocycles. The highest BCUT2D eigenvalue weighted by molar-refractivity contribution is 14.1. The molecule has 1 nitrogen and oxygen atoms in total. The van der Waals surface area contributed by atoms with Gasteiger partial charge in [0.25, 0.3) is 0 Å². The first-order chi connectivity index (χ1) is 6.45. The molecular weight excluding hydrogens is 287 g/mol. The maximum absolute atomic E-state index is 5.62. The van der Waals surface area contributed by atoms with E-state index in [1.165, 1.54) is 9.13 Å². The number of ether oxygens (including phenoxy) is 1. The first-order valence-electron chi connectivity index (χ1n) is 4.88. The highest BCUT2D eigenvalue weighted by Gasteiger charge is 2.18. The zero-order chi connectivity index (χ0) is 10.8. The molecule has 0 atom stereocenters. The molecule has 0 aliphatic carbocycles. The van der Waals surface area contributed by atoms with Gasteiger partial charge < -0.3 is 4.74 Å². The van der Waals surface area contributed by atoms with Crippen molar-refractivity contribution in [1.29, 1.82) is 0 Å². The smallest absolute Gasteiger partial charge is 0.123 e. The second-order valence-electron chi connectivity index (χ2n) is 4.32. The molecule has 0 saturated heterocycles. The number of rotatable bonds is 2. The maximum Gasteiger partial charge on any atom is 0.123 e. The van der Waals surface area contributed by atoms with E-state index < -0.39 is 0 Å². The minimum Gasteiger partial charge on any atom is -0.494 e. The third-order valence-corrected chi connectivity index (χ3v) is 2.72. The maximum atomic E-state index is 5.62. The van der Waals surface area contributed by atoms with Crippen LogP contribution in [0.4, 0.5) is 0 Å². The van der Waals surface area contributed by atoms with E-state index >= 15 is 0 Å². The fourth-order valence-electron chi connectivity index (χ4n) is 1.37. The molecule has 0 N–H and O–H groups in total. The van der Waals surface area contributed by atoms with Gasteiger partial charge in [0.2, 0.25) is 0 Å². The van der Waals surface area contributed by atoms with E-state index in [4.69, 9.17) is 4.74 Å². The summed E-state index contributed by atoms with van der Waals surface area (Å²) in [5, 5.41) is 0. The van der Waals surface area contributed by atoms with Crippen LogP contribution in [0.3, 0.4) is 0 Å². The molecule has 78 valence electrons. The molecule has 0 aliphatic rings. The van der Waals surface area contributed by atoms with Crippen LogP contribution in [-0.4, -0.2) is 6.61 Å². The Morgan fingerprint density at radius 1 is 1.29 bits per heavy atom. The summed E-state index contributed by atoms with van der Waals surface area (Å²) in [7, 11) is 0. The van der Waals surface area contributed by atoms with E-state index in [9.17, 15) is 0 Å². The third kappa shape index (κ3) is 2.87. The first-order valence-corrected chi connectivity index (χ1v) is 5.96. The van der Waals surface area contributed by atoms with E-state index in [-0.39, 0.29) is 5.41 Å². The normalized spacial score (nSPS) is 11.5. The van der Waals surface area contributed by atoms with E-state index in [1.807, 2.05) is 6.92 Å². The largest absolute Gasteiger partial charge is 0.494 e. The Morgan fingerprint density at radius 2 is 1.93 bits per heavy atom. The summed E-state index contributed by atoms with van der Waals surface area (Å²) in [6.45, 7) is 9.37. The van der Waals surface area contributed by atoms with Gasteiger partial charge in [-0.15, -0.1) is 0 Å². The predicted octanol–water partition coefficient (Wildman–Crippen LogP) is 3.99. The average molecular weight is 304 g/mol. The fourth-order valence-corrected chi connectivity index (χ4v) is 1.86. The van der Waals surface area contributed by atoms with Crippen molar-refractivity contribution in [2.75, 3.05) is 6.61 Å². The molecule has 1 aromatic carbocycles. The highest BCUT2D eigenvalue weighted by atomic mass is 127. The second kappa shape index (κ2) is 4.51. The van der Waals surface area contributed by atoms with Gasteiger partial charge in [0.05, 0.1) is 6.61 Å².